The van der Waals surface area contributed by atoms with Crippen molar-refractivity contribution < 1.29 is 14.3 Å². The van der Waals surface area contributed by atoms with Gasteiger partial charge in [-0.2, -0.15) is 0 Å². The lowest BCUT2D eigenvalue weighted by Crippen LogP contribution is -2.51. The molecule has 4 rings (SSSR count). The molecule has 0 bridgehead atoms. The molecular formula is C23H28N2O3. The average Bonchev–Trinajstić information content (AvgIpc) is 2.90. The Hall–Kier alpha value is -2.53. The Morgan fingerprint density at radius 2 is 1.86 bits per heavy atom. The highest BCUT2D eigenvalue weighted by Crippen LogP contribution is 2.38. The lowest BCUT2D eigenvalue weighted by Gasteiger charge is -2.41. The minimum atomic E-state index is -0.317. The maximum Gasteiger partial charge on any atom is 0.254 e. The zero-order valence-corrected chi connectivity index (χ0v) is 16.6. The monoisotopic (exact) mass is 380 g/mol. The fraction of sp³-hybridized carbons (Fsp3) is 0.435. The molecule has 5 heteroatoms. The van der Waals surface area contributed by atoms with E-state index in [9.17, 15) is 4.79 Å². The summed E-state index contributed by atoms with van der Waals surface area (Å²) in [6, 6.07) is 16.0. The molecule has 1 aliphatic heterocycles. The molecule has 2 aromatic carbocycles. The number of nitrogens with zero attached hydrogens (tertiary/aromatic N) is 1. The number of hydrogen-bond donors (Lipinski definition) is 1. The Bertz CT molecular complexity index is 826. The van der Waals surface area contributed by atoms with Gasteiger partial charge in [0.05, 0.1) is 13.7 Å². The van der Waals surface area contributed by atoms with Crippen molar-refractivity contribution in [3.63, 3.8) is 0 Å². The van der Waals surface area contributed by atoms with Crippen molar-refractivity contribution >= 4 is 5.91 Å². The van der Waals surface area contributed by atoms with Gasteiger partial charge in [-0.05, 0) is 63.1 Å². The standard InChI is InChI=1S/C23H28N2O3/c1-24-19-11-13-23(14-12-19)16-25(15-18-5-3-4-6-21(18)28-23)22(26)17-7-9-20(27-2)10-8-17/h3-10,19,24H,11-16H2,1-2H3. The zero-order valence-electron chi connectivity index (χ0n) is 16.6. The summed E-state index contributed by atoms with van der Waals surface area (Å²) in [5.41, 5.74) is 1.43. The molecule has 1 amide bonds. The van der Waals surface area contributed by atoms with Crippen molar-refractivity contribution in [1.29, 1.82) is 0 Å². The van der Waals surface area contributed by atoms with Crippen LogP contribution in [0.1, 0.15) is 41.6 Å². The molecule has 1 heterocycles. The topological polar surface area (TPSA) is 50.8 Å². The first-order valence-electron chi connectivity index (χ1n) is 10.00. The first-order chi connectivity index (χ1) is 13.6. The predicted octanol–water partition coefficient (Wildman–Crippen LogP) is 3.63. The van der Waals surface area contributed by atoms with Gasteiger partial charge >= 0.3 is 0 Å². The maximum atomic E-state index is 13.3. The van der Waals surface area contributed by atoms with Gasteiger partial charge in [0, 0.05) is 23.7 Å². The van der Waals surface area contributed by atoms with Gasteiger partial charge in [-0.25, -0.2) is 0 Å². The third-order valence-corrected chi connectivity index (χ3v) is 6.07. The summed E-state index contributed by atoms with van der Waals surface area (Å²) in [6.45, 7) is 1.18. The van der Waals surface area contributed by atoms with Crippen LogP contribution < -0.4 is 14.8 Å². The van der Waals surface area contributed by atoms with E-state index in [2.05, 4.69) is 11.4 Å². The molecular weight excluding hydrogens is 352 g/mol. The van der Waals surface area contributed by atoms with E-state index in [1.807, 2.05) is 54.4 Å². The van der Waals surface area contributed by atoms with Gasteiger partial charge in [0.15, 0.2) is 0 Å². The van der Waals surface area contributed by atoms with E-state index in [0.29, 0.717) is 24.7 Å². The molecule has 0 aromatic heterocycles. The van der Waals surface area contributed by atoms with E-state index in [1.54, 1.807) is 7.11 Å². The molecule has 1 N–H and O–H groups in total. The predicted molar refractivity (Wildman–Crippen MR) is 109 cm³/mol. The third-order valence-electron chi connectivity index (χ3n) is 6.07. The molecule has 5 nitrogen and oxygen atoms in total. The highest BCUT2D eigenvalue weighted by Gasteiger charge is 2.42. The molecule has 2 aliphatic rings. The minimum Gasteiger partial charge on any atom is -0.497 e. The number of fused-ring (bicyclic) bond motifs is 1. The van der Waals surface area contributed by atoms with Gasteiger partial charge in [0.2, 0.25) is 0 Å². The molecule has 1 fully saturated rings. The van der Waals surface area contributed by atoms with E-state index in [1.165, 1.54) is 0 Å². The fourth-order valence-corrected chi connectivity index (χ4v) is 4.36. The highest BCUT2D eigenvalue weighted by atomic mass is 16.5. The van der Waals surface area contributed by atoms with Gasteiger partial charge in [0.25, 0.3) is 5.91 Å². The normalized spacial score (nSPS) is 24.2. The first kappa shape index (κ1) is 18.8. The van der Waals surface area contributed by atoms with Crippen LogP contribution in [0.2, 0.25) is 0 Å². The van der Waals surface area contributed by atoms with Crippen molar-refractivity contribution in [3.8, 4) is 11.5 Å². The number of ether oxygens (including phenoxy) is 2. The Labute approximate surface area is 166 Å². The van der Waals surface area contributed by atoms with Crippen molar-refractivity contribution in [1.82, 2.24) is 10.2 Å². The second-order valence-electron chi connectivity index (χ2n) is 7.85. The number of benzene rings is 2. The number of para-hydroxylation sites is 1. The summed E-state index contributed by atoms with van der Waals surface area (Å²) < 4.78 is 11.8. The molecule has 0 unspecified atom stereocenters. The van der Waals surface area contributed by atoms with E-state index in [-0.39, 0.29) is 11.5 Å². The zero-order chi connectivity index (χ0) is 19.6. The van der Waals surface area contributed by atoms with E-state index >= 15 is 0 Å². The lowest BCUT2D eigenvalue weighted by molar-refractivity contribution is 0.000432. The summed E-state index contributed by atoms with van der Waals surface area (Å²) in [4.78, 5) is 15.3. The van der Waals surface area contributed by atoms with Gasteiger partial charge in [-0.15, -0.1) is 0 Å². The molecule has 148 valence electrons. The quantitative estimate of drug-likeness (QED) is 0.883. The van der Waals surface area contributed by atoms with Gasteiger partial charge in [-0.1, -0.05) is 18.2 Å². The van der Waals surface area contributed by atoms with Crippen LogP contribution in [0, 0.1) is 0 Å². The van der Waals surface area contributed by atoms with E-state index < -0.39 is 0 Å². The number of methoxy groups -OCH3 is 1. The second-order valence-corrected chi connectivity index (χ2v) is 7.85. The summed E-state index contributed by atoms with van der Waals surface area (Å²) in [7, 11) is 3.65. The minimum absolute atomic E-state index is 0.0399. The maximum absolute atomic E-state index is 13.3. The van der Waals surface area contributed by atoms with E-state index in [4.69, 9.17) is 9.47 Å². The van der Waals surface area contributed by atoms with Gasteiger partial charge in [0.1, 0.15) is 17.1 Å². The lowest BCUT2D eigenvalue weighted by atomic mass is 9.81. The largest absolute Gasteiger partial charge is 0.497 e. The molecule has 0 radical (unpaired) electrons. The van der Waals surface area contributed by atoms with Crippen LogP contribution >= 0.6 is 0 Å². The second kappa shape index (κ2) is 7.84. The molecule has 28 heavy (non-hydrogen) atoms. The number of carbonyl (C=O) groups is 1. The van der Waals surface area contributed by atoms with Gasteiger partial charge < -0.3 is 19.7 Å². The van der Waals surface area contributed by atoms with Crippen molar-refractivity contribution in [3.05, 3.63) is 59.7 Å². The SMILES string of the molecule is CNC1CCC2(CC1)CN(C(=O)c1ccc(OC)cc1)Cc1ccccc1O2. The molecule has 0 atom stereocenters. The van der Waals surface area contributed by atoms with E-state index in [0.717, 1.165) is 42.7 Å². The van der Waals surface area contributed by atoms with Crippen LogP contribution in [0.25, 0.3) is 0 Å². The fourth-order valence-electron chi connectivity index (χ4n) is 4.36. The molecule has 1 saturated carbocycles. The van der Waals surface area contributed by atoms with Crippen LogP contribution in [0.15, 0.2) is 48.5 Å². The highest BCUT2D eigenvalue weighted by molar-refractivity contribution is 5.94. The Kier molecular flexibility index (Phi) is 5.27. The van der Waals surface area contributed by atoms with Crippen LogP contribution in [0.5, 0.6) is 11.5 Å². The van der Waals surface area contributed by atoms with Crippen LogP contribution in [-0.2, 0) is 6.54 Å². The number of rotatable bonds is 3. The smallest absolute Gasteiger partial charge is 0.254 e. The van der Waals surface area contributed by atoms with Gasteiger partial charge in [-0.3, -0.25) is 4.79 Å². The average molecular weight is 380 g/mol. The molecule has 1 spiro atoms. The van der Waals surface area contributed by atoms with Crippen molar-refractivity contribution in [2.24, 2.45) is 0 Å². The number of amides is 1. The van der Waals surface area contributed by atoms with Crippen molar-refractivity contribution in [2.75, 3.05) is 20.7 Å². The Morgan fingerprint density at radius 3 is 2.54 bits per heavy atom. The van der Waals surface area contributed by atoms with Crippen molar-refractivity contribution in [2.45, 2.75) is 43.9 Å². The summed E-state index contributed by atoms with van der Waals surface area (Å²) >= 11 is 0. The molecule has 2 aromatic rings. The van der Waals surface area contributed by atoms with Crippen LogP contribution in [0.3, 0.4) is 0 Å². The summed E-state index contributed by atoms with van der Waals surface area (Å²) in [5.74, 6) is 1.71. The number of hydrogen-bond acceptors (Lipinski definition) is 4. The number of carbonyl (C=O) groups excluding carboxylic acids is 1. The summed E-state index contributed by atoms with van der Waals surface area (Å²) in [5, 5.41) is 3.38. The molecule has 1 aliphatic carbocycles. The summed E-state index contributed by atoms with van der Waals surface area (Å²) in [6.07, 6.45) is 4.00. The molecule has 0 saturated heterocycles. The Morgan fingerprint density at radius 1 is 1.14 bits per heavy atom. The van der Waals surface area contributed by atoms with Crippen LogP contribution in [0.4, 0.5) is 0 Å². The number of nitrogens with one attached hydrogen (secondary N) is 1. The Balaban J connectivity index is 1.63. The van der Waals surface area contributed by atoms with Crippen LogP contribution in [-0.4, -0.2) is 43.2 Å². The first-order valence-corrected chi connectivity index (χ1v) is 10.00. The third kappa shape index (κ3) is 3.72.